The maximum absolute atomic E-state index is 12.3. The molecule has 4 nitrogen and oxygen atoms in total. The van der Waals surface area contributed by atoms with Gasteiger partial charge in [0.2, 0.25) is 0 Å². The Kier molecular flexibility index (Phi) is 7.33. The summed E-state index contributed by atoms with van der Waals surface area (Å²) in [7, 11) is 0. The molecule has 0 aromatic heterocycles. The molecular formula is C21H27NO3. The monoisotopic (exact) mass is 341 g/mol. The molecule has 0 aliphatic heterocycles. The highest BCUT2D eigenvalue weighted by Crippen LogP contribution is 2.18. The quantitative estimate of drug-likeness (QED) is 0.630. The standard InChI is InChI=1S/C21H27NO3/c1-4-5-6-15-24-19-11-7-17(8-12-19)21(23)22-18-9-13-20(14-10-18)25-16(2)3/h7-14,16H,4-6,15H2,1-3H3,(H,22,23). The van der Waals surface area contributed by atoms with Gasteiger partial charge in [-0.25, -0.2) is 0 Å². The SMILES string of the molecule is CCCCCOc1ccc(C(=O)Nc2ccc(OC(C)C)cc2)cc1. The smallest absolute Gasteiger partial charge is 0.255 e. The van der Waals surface area contributed by atoms with Crippen LogP contribution in [-0.2, 0) is 0 Å². The van der Waals surface area contributed by atoms with Gasteiger partial charge in [-0.1, -0.05) is 19.8 Å². The topological polar surface area (TPSA) is 47.6 Å². The minimum Gasteiger partial charge on any atom is -0.494 e. The van der Waals surface area contributed by atoms with Crippen molar-refractivity contribution in [2.75, 3.05) is 11.9 Å². The molecule has 0 fully saturated rings. The van der Waals surface area contributed by atoms with Crippen LogP contribution < -0.4 is 14.8 Å². The van der Waals surface area contributed by atoms with Crippen molar-refractivity contribution < 1.29 is 14.3 Å². The number of nitrogens with one attached hydrogen (secondary N) is 1. The molecule has 2 aromatic carbocycles. The van der Waals surface area contributed by atoms with E-state index in [1.807, 2.05) is 50.2 Å². The Morgan fingerprint density at radius 3 is 2.20 bits per heavy atom. The highest BCUT2D eigenvalue weighted by atomic mass is 16.5. The Hall–Kier alpha value is -2.49. The third-order valence-electron chi connectivity index (χ3n) is 3.62. The predicted octanol–water partition coefficient (Wildman–Crippen LogP) is 5.30. The maximum Gasteiger partial charge on any atom is 0.255 e. The first kappa shape index (κ1) is 18.8. The summed E-state index contributed by atoms with van der Waals surface area (Å²) in [5.41, 5.74) is 1.34. The van der Waals surface area contributed by atoms with E-state index in [-0.39, 0.29) is 12.0 Å². The molecule has 0 saturated carbocycles. The molecule has 0 spiro atoms. The Balaban J connectivity index is 1.87. The highest BCUT2D eigenvalue weighted by molar-refractivity contribution is 6.04. The van der Waals surface area contributed by atoms with Crippen molar-refractivity contribution in [3.05, 3.63) is 54.1 Å². The van der Waals surface area contributed by atoms with E-state index in [2.05, 4.69) is 12.2 Å². The summed E-state index contributed by atoms with van der Waals surface area (Å²) in [4.78, 5) is 12.3. The lowest BCUT2D eigenvalue weighted by Gasteiger charge is -2.11. The molecular weight excluding hydrogens is 314 g/mol. The second kappa shape index (κ2) is 9.72. The predicted molar refractivity (Wildman–Crippen MR) is 102 cm³/mol. The van der Waals surface area contributed by atoms with Gasteiger partial charge in [-0.05, 0) is 68.8 Å². The van der Waals surface area contributed by atoms with Crippen LogP contribution in [0.4, 0.5) is 5.69 Å². The summed E-state index contributed by atoms with van der Waals surface area (Å²) in [6, 6.07) is 14.6. The Labute approximate surface area is 150 Å². The molecule has 0 saturated heterocycles. The second-order valence-electron chi connectivity index (χ2n) is 6.23. The van der Waals surface area contributed by atoms with Crippen molar-refractivity contribution in [3.8, 4) is 11.5 Å². The number of ether oxygens (including phenoxy) is 2. The van der Waals surface area contributed by atoms with Crippen LogP contribution in [0.25, 0.3) is 0 Å². The molecule has 134 valence electrons. The van der Waals surface area contributed by atoms with Crippen molar-refractivity contribution in [1.82, 2.24) is 0 Å². The van der Waals surface area contributed by atoms with Crippen molar-refractivity contribution in [3.63, 3.8) is 0 Å². The molecule has 0 aliphatic carbocycles. The van der Waals surface area contributed by atoms with Gasteiger partial charge < -0.3 is 14.8 Å². The van der Waals surface area contributed by atoms with E-state index >= 15 is 0 Å². The number of rotatable bonds is 9. The number of carbonyl (C=O) groups excluding carboxylic acids is 1. The summed E-state index contributed by atoms with van der Waals surface area (Å²) in [6.45, 7) is 6.84. The summed E-state index contributed by atoms with van der Waals surface area (Å²) in [5, 5.41) is 2.88. The van der Waals surface area contributed by atoms with Gasteiger partial charge in [0.05, 0.1) is 12.7 Å². The summed E-state index contributed by atoms with van der Waals surface area (Å²) in [6.07, 6.45) is 3.52. The molecule has 0 atom stereocenters. The van der Waals surface area contributed by atoms with Crippen molar-refractivity contribution >= 4 is 11.6 Å². The summed E-state index contributed by atoms with van der Waals surface area (Å²) in [5.74, 6) is 1.44. The Morgan fingerprint density at radius 2 is 1.60 bits per heavy atom. The fourth-order valence-corrected chi connectivity index (χ4v) is 2.34. The van der Waals surface area contributed by atoms with E-state index in [4.69, 9.17) is 9.47 Å². The van der Waals surface area contributed by atoms with Crippen LogP contribution in [0.5, 0.6) is 11.5 Å². The molecule has 0 heterocycles. The van der Waals surface area contributed by atoms with E-state index in [9.17, 15) is 4.79 Å². The third kappa shape index (κ3) is 6.49. The number of anilines is 1. The van der Waals surface area contributed by atoms with E-state index in [0.717, 1.165) is 23.6 Å². The highest BCUT2D eigenvalue weighted by Gasteiger charge is 2.07. The fraction of sp³-hybridized carbons (Fsp3) is 0.381. The average Bonchev–Trinajstić information content (AvgIpc) is 2.60. The Morgan fingerprint density at radius 1 is 0.960 bits per heavy atom. The maximum atomic E-state index is 12.3. The van der Waals surface area contributed by atoms with Crippen LogP contribution in [0.15, 0.2) is 48.5 Å². The number of unbranched alkanes of at least 4 members (excludes halogenated alkanes) is 2. The number of benzene rings is 2. The first-order valence-electron chi connectivity index (χ1n) is 8.89. The summed E-state index contributed by atoms with van der Waals surface area (Å²) >= 11 is 0. The van der Waals surface area contributed by atoms with Crippen LogP contribution in [0.1, 0.15) is 50.4 Å². The van der Waals surface area contributed by atoms with Gasteiger partial charge in [0.1, 0.15) is 11.5 Å². The van der Waals surface area contributed by atoms with Crippen molar-refractivity contribution in [2.45, 2.75) is 46.1 Å². The number of hydrogen-bond acceptors (Lipinski definition) is 3. The number of amides is 1. The van der Waals surface area contributed by atoms with Gasteiger partial charge in [0.15, 0.2) is 0 Å². The fourth-order valence-electron chi connectivity index (χ4n) is 2.34. The van der Waals surface area contributed by atoms with E-state index < -0.39 is 0 Å². The molecule has 4 heteroatoms. The minimum atomic E-state index is -0.143. The molecule has 25 heavy (non-hydrogen) atoms. The first-order chi connectivity index (χ1) is 12.1. The van der Waals surface area contributed by atoms with Gasteiger partial charge in [0, 0.05) is 11.3 Å². The van der Waals surface area contributed by atoms with Crippen LogP contribution >= 0.6 is 0 Å². The molecule has 0 aliphatic rings. The zero-order valence-electron chi connectivity index (χ0n) is 15.2. The van der Waals surface area contributed by atoms with Gasteiger partial charge in [-0.15, -0.1) is 0 Å². The Bertz CT molecular complexity index is 648. The van der Waals surface area contributed by atoms with E-state index in [1.165, 1.54) is 12.8 Å². The van der Waals surface area contributed by atoms with Crippen LogP contribution in [0.3, 0.4) is 0 Å². The normalized spacial score (nSPS) is 10.6. The largest absolute Gasteiger partial charge is 0.494 e. The average molecular weight is 341 g/mol. The third-order valence-corrected chi connectivity index (χ3v) is 3.62. The zero-order chi connectivity index (χ0) is 18.1. The zero-order valence-corrected chi connectivity index (χ0v) is 15.2. The van der Waals surface area contributed by atoms with Crippen LogP contribution in [0.2, 0.25) is 0 Å². The molecule has 0 radical (unpaired) electrons. The molecule has 2 rings (SSSR count). The summed E-state index contributed by atoms with van der Waals surface area (Å²) < 4.78 is 11.3. The lowest BCUT2D eigenvalue weighted by molar-refractivity contribution is 0.102. The number of hydrogen-bond donors (Lipinski definition) is 1. The van der Waals surface area contributed by atoms with E-state index in [0.29, 0.717) is 12.2 Å². The van der Waals surface area contributed by atoms with Crippen molar-refractivity contribution in [2.24, 2.45) is 0 Å². The van der Waals surface area contributed by atoms with Crippen LogP contribution in [-0.4, -0.2) is 18.6 Å². The number of carbonyl (C=O) groups is 1. The minimum absolute atomic E-state index is 0.128. The van der Waals surface area contributed by atoms with Gasteiger partial charge in [-0.2, -0.15) is 0 Å². The molecule has 2 aromatic rings. The first-order valence-corrected chi connectivity index (χ1v) is 8.89. The van der Waals surface area contributed by atoms with Gasteiger partial charge in [-0.3, -0.25) is 4.79 Å². The lowest BCUT2D eigenvalue weighted by atomic mass is 10.2. The molecule has 1 N–H and O–H groups in total. The molecule has 1 amide bonds. The second-order valence-corrected chi connectivity index (χ2v) is 6.23. The van der Waals surface area contributed by atoms with E-state index in [1.54, 1.807) is 12.1 Å². The van der Waals surface area contributed by atoms with Crippen molar-refractivity contribution in [1.29, 1.82) is 0 Å². The van der Waals surface area contributed by atoms with Gasteiger partial charge in [0.25, 0.3) is 5.91 Å². The molecule has 0 unspecified atom stereocenters. The van der Waals surface area contributed by atoms with Crippen LogP contribution in [0, 0.1) is 0 Å². The van der Waals surface area contributed by atoms with Gasteiger partial charge >= 0.3 is 0 Å². The molecule has 0 bridgehead atoms. The lowest BCUT2D eigenvalue weighted by Crippen LogP contribution is -2.12.